The summed E-state index contributed by atoms with van der Waals surface area (Å²) in [6, 6.07) is 207. The molecule has 0 radical (unpaired) electrons. The van der Waals surface area contributed by atoms with Crippen LogP contribution in [-0.4, -0.2) is 0 Å². The molecule has 0 saturated heterocycles. The second-order valence-corrected chi connectivity index (χ2v) is 37.6. The summed E-state index contributed by atoms with van der Waals surface area (Å²) in [5, 5.41) is 0. The van der Waals surface area contributed by atoms with E-state index in [1.807, 2.05) is 0 Å². The van der Waals surface area contributed by atoms with Crippen LogP contribution in [0.4, 0.5) is 102 Å². The molecular weight excluding hydrogens is 1710 g/mol. The van der Waals surface area contributed by atoms with Crippen molar-refractivity contribution in [2.75, 3.05) is 29.4 Å². The lowest BCUT2D eigenvalue weighted by Crippen LogP contribution is -2.32. The number of nitrogens with zero attached hydrogens (tertiary/aromatic N) is 6. The monoisotopic (exact) mass is 1790 g/mol. The van der Waals surface area contributed by atoms with Crippen LogP contribution in [-0.2, 0) is 16.2 Å². The van der Waals surface area contributed by atoms with Crippen molar-refractivity contribution >= 4 is 102 Å². The topological polar surface area (TPSA) is 19.4 Å². The smallest absolute Gasteiger partial charge is 0.0733 e. The van der Waals surface area contributed by atoms with Gasteiger partial charge < -0.3 is 29.4 Å². The molecule has 0 N–H and O–H groups in total. The molecular formula is C135H90N6. The number of fused-ring (bicyclic) bond motifs is 33. The maximum absolute atomic E-state index is 2.62. The van der Waals surface area contributed by atoms with Crippen LogP contribution >= 0.6 is 0 Å². The van der Waals surface area contributed by atoms with E-state index < -0.39 is 16.2 Å². The normalized spacial score (nSPS) is 13.3. The molecule has 28 rings (SSSR count). The molecule has 0 amide bonds. The van der Waals surface area contributed by atoms with Gasteiger partial charge in [-0.05, 0) is 352 Å². The SMILES string of the molecule is c1ccc(N(c2ccccc2)c2ccc3c(c2)C2(c4cc(N(c5ccccc5)c5ccccc5)ccc4-3)c3ccccc3-c3c2c2c(c4c3C3(c5cc(N(c6ccccc6)c6ccccc6)ccc5-c5ccc(N(c6ccccc6)c6ccccc6)cc53)c3ccccc3-4)C3(c4cc(N(c5ccccc5)c5ccccc5)ccc4-c4ccc(N(c5ccccc5)c5ccccc5)cc43)c3ccccc3-2)cc1. The summed E-state index contributed by atoms with van der Waals surface area (Å²) < 4.78 is 0. The van der Waals surface area contributed by atoms with Crippen molar-refractivity contribution in [1.82, 2.24) is 0 Å². The van der Waals surface area contributed by atoms with E-state index in [9.17, 15) is 0 Å². The Kier molecular flexibility index (Phi) is 18.6. The van der Waals surface area contributed by atoms with E-state index in [1.165, 1.54) is 134 Å². The summed E-state index contributed by atoms with van der Waals surface area (Å²) in [7, 11) is 0. The lowest BCUT2D eigenvalue weighted by molar-refractivity contribution is 0.764. The minimum Gasteiger partial charge on any atom is -0.310 e. The Bertz CT molecular complexity index is 7190. The fourth-order valence-electron chi connectivity index (χ4n) is 25.2. The minimum absolute atomic E-state index is 1.04. The van der Waals surface area contributed by atoms with Crippen LogP contribution in [0.3, 0.4) is 0 Å². The second-order valence-electron chi connectivity index (χ2n) is 37.6. The van der Waals surface area contributed by atoms with Crippen molar-refractivity contribution in [2.24, 2.45) is 0 Å². The fourth-order valence-corrected chi connectivity index (χ4v) is 25.2. The summed E-state index contributed by atoms with van der Waals surface area (Å²) in [6.45, 7) is 0. The summed E-state index contributed by atoms with van der Waals surface area (Å²) in [5.74, 6) is 0. The molecule has 0 saturated carbocycles. The molecule has 141 heavy (non-hydrogen) atoms. The van der Waals surface area contributed by atoms with Gasteiger partial charge in [0.2, 0.25) is 0 Å². The van der Waals surface area contributed by atoms with E-state index in [0.29, 0.717) is 0 Å². The Hall–Kier alpha value is -18.4. The average molecular weight is 1800 g/mol. The number of para-hydroxylation sites is 12. The van der Waals surface area contributed by atoms with Gasteiger partial charge >= 0.3 is 0 Å². The van der Waals surface area contributed by atoms with Crippen molar-refractivity contribution in [3.8, 4) is 66.8 Å². The Balaban J connectivity index is 0.860. The van der Waals surface area contributed by atoms with Gasteiger partial charge in [0.1, 0.15) is 0 Å². The van der Waals surface area contributed by atoms with Gasteiger partial charge in [-0.3, -0.25) is 0 Å². The minimum atomic E-state index is -1.15. The maximum Gasteiger partial charge on any atom is 0.0733 e. The molecule has 0 aliphatic heterocycles. The molecule has 6 nitrogen and oxygen atoms in total. The molecule has 22 aromatic carbocycles. The van der Waals surface area contributed by atoms with E-state index in [-0.39, 0.29) is 0 Å². The quantitative estimate of drug-likeness (QED) is 0.0847. The first-order valence-corrected chi connectivity index (χ1v) is 48.9. The molecule has 0 heterocycles. The third-order valence-corrected chi connectivity index (χ3v) is 30.5. The number of anilines is 18. The van der Waals surface area contributed by atoms with E-state index in [0.717, 1.165) is 102 Å². The van der Waals surface area contributed by atoms with Crippen LogP contribution in [0.25, 0.3) is 66.8 Å². The molecule has 0 fully saturated rings. The van der Waals surface area contributed by atoms with Crippen LogP contribution in [0.15, 0.2) is 546 Å². The van der Waals surface area contributed by atoms with E-state index in [1.54, 1.807) is 0 Å². The predicted molar refractivity (Wildman–Crippen MR) is 583 cm³/mol. The van der Waals surface area contributed by atoms with Gasteiger partial charge in [0.25, 0.3) is 0 Å². The molecule has 0 unspecified atom stereocenters. The molecule has 22 aromatic rings. The second kappa shape index (κ2) is 32.4. The predicted octanol–water partition coefficient (Wildman–Crippen LogP) is 35.5. The summed E-state index contributed by atoms with van der Waals surface area (Å²) in [5.41, 5.74) is 44.3. The molecule has 6 aliphatic rings. The van der Waals surface area contributed by atoms with E-state index >= 15 is 0 Å². The maximum atomic E-state index is 2.62. The van der Waals surface area contributed by atoms with Crippen LogP contribution in [0, 0.1) is 0 Å². The highest BCUT2D eigenvalue weighted by atomic mass is 15.2. The van der Waals surface area contributed by atoms with Gasteiger partial charge in [-0.15, -0.1) is 0 Å². The Morgan fingerprint density at radius 2 is 0.227 bits per heavy atom. The zero-order chi connectivity index (χ0) is 92.9. The van der Waals surface area contributed by atoms with E-state index in [4.69, 9.17) is 0 Å². The number of hydrogen-bond donors (Lipinski definition) is 0. The zero-order valence-corrected chi connectivity index (χ0v) is 77.1. The summed E-state index contributed by atoms with van der Waals surface area (Å²) in [6.07, 6.45) is 0. The first-order chi connectivity index (χ1) is 70.0. The Morgan fingerprint density at radius 1 is 0.0993 bits per heavy atom. The van der Waals surface area contributed by atoms with Crippen molar-refractivity contribution in [3.05, 3.63) is 613 Å². The summed E-state index contributed by atoms with van der Waals surface area (Å²) in [4.78, 5) is 14.9. The highest BCUT2D eigenvalue weighted by molar-refractivity contribution is 6.15. The molecule has 660 valence electrons. The third kappa shape index (κ3) is 12.0. The van der Waals surface area contributed by atoms with E-state index in [2.05, 4.69) is 575 Å². The van der Waals surface area contributed by atoms with Gasteiger partial charge in [0, 0.05) is 102 Å². The van der Waals surface area contributed by atoms with Crippen molar-refractivity contribution < 1.29 is 0 Å². The van der Waals surface area contributed by atoms with Crippen molar-refractivity contribution in [1.29, 1.82) is 0 Å². The molecule has 3 spiro atoms. The van der Waals surface area contributed by atoms with Crippen molar-refractivity contribution in [3.63, 3.8) is 0 Å². The van der Waals surface area contributed by atoms with Gasteiger partial charge in [-0.25, -0.2) is 0 Å². The number of hydrogen-bond acceptors (Lipinski definition) is 6. The molecule has 6 aliphatic carbocycles. The van der Waals surface area contributed by atoms with Crippen LogP contribution < -0.4 is 29.4 Å². The van der Waals surface area contributed by atoms with Crippen LogP contribution in [0.2, 0.25) is 0 Å². The number of benzene rings is 22. The highest BCUT2D eigenvalue weighted by Crippen LogP contribution is 2.78. The standard InChI is InChI=1S/C135H90N6/c1-13-43-91(44-14-1)136(92-45-15-2-16-46-92)103-73-79-109-110-80-74-104(137(93-47-17-3-18-48-93)94-49-19-4-20-50-94)86-122(110)133(121(109)85-103)118-70-40-37-67-115(118)127-130(133)128-116-68-38-41-71-119(116)134(123-87-105(138(95-51-21-5-22-52-95)96-53-23-6-24-54-96)75-81-111(123)112-82-76-106(88-124(112)134)139(97-55-25-7-26-56-97)98-57-27-8-28-58-98)132(128)129-117-69-39-42-72-120(117)135(131(127)129)125-89-107(140(99-59-29-9-30-60-99)100-61-31-10-32-62-100)77-83-113(125)114-84-78-108(90-126(114)135)141(101-63-33-11-34-64-101)102-65-35-12-36-66-102/h1-90H. The largest absolute Gasteiger partial charge is 0.310 e. The molecule has 0 aromatic heterocycles. The number of rotatable bonds is 18. The first-order valence-electron chi connectivity index (χ1n) is 48.9. The molecule has 6 heteroatoms. The van der Waals surface area contributed by atoms with Crippen LogP contribution in [0.1, 0.15) is 66.8 Å². The van der Waals surface area contributed by atoms with Gasteiger partial charge in [0.15, 0.2) is 0 Å². The van der Waals surface area contributed by atoms with Gasteiger partial charge in [0.05, 0.1) is 16.2 Å². The molecule has 0 bridgehead atoms. The zero-order valence-electron chi connectivity index (χ0n) is 77.1. The van der Waals surface area contributed by atoms with Gasteiger partial charge in [-0.1, -0.05) is 328 Å². The fraction of sp³-hybridized carbons (Fsp3) is 0.0222. The lowest BCUT2D eigenvalue weighted by atomic mass is 9.63. The molecule has 0 atom stereocenters. The third-order valence-electron chi connectivity index (χ3n) is 30.5. The van der Waals surface area contributed by atoms with Crippen molar-refractivity contribution in [2.45, 2.75) is 16.2 Å². The Labute approximate surface area is 821 Å². The summed E-state index contributed by atoms with van der Waals surface area (Å²) >= 11 is 0. The highest BCUT2D eigenvalue weighted by Gasteiger charge is 2.65. The van der Waals surface area contributed by atoms with Gasteiger partial charge in [-0.2, -0.15) is 0 Å². The lowest BCUT2D eigenvalue weighted by Gasteiger charge is -2.39. The Morgan fingerprint density at radius 3 is 0.369 bits per heavy atom. The average Bonchev–Trinajstić information content (AvgIpc) is 1.45. The first kappa shape index (κ1) is 81.0. The van der Waals surface area contributed by atoms with Crippen LogP contribution in [0.5, 0.6) is 0 Å².